The van der Waals surface area contributed by atoms with Gasteiger partial charge in [-0.05, 0) is 45.2 Å². The number of aliphatic imine (C=N–C) groups is 1. The van der Waals surface area contributed by atoms with Gasteiger partial charge in [-0.1, -0.05) is 25.7 Å². The molecule has 3 aliphatic rings. The van der Waals surface area contributed by atoms with Crippen LogP contribution in [0.4, 0.5) is 0 Å². The van der Waals surface area contributed by atoms with Crippen LogP contribution in [0, 0.1) is 0 Å². The van der Waals surface area contributed by atoms with Crippen molar-refractivity contribution in [3.8, 4) is 0 Å². The lowest BCUT2D eigenvalue weighted by molar-refractivity contribution is 0.0368. The zero-order valence-corrected chi connectivity index (χ0v) is 19.2. The van der Waals surface area contributed by atoms with Crippen molar-refractivity contribution in [2.45, 2.75) is 69.4 Å². The van der Waals surface area contributed by atoms with Crippen LogP contribution in [0.3, 0.4) is 0 Å². The Hall–Kier alpha value is -0.0900. The minimum atomic E-state index is -2.87. The molecule has 0 aromatic carbocycles. The highest BCUT2D eigenvalue weighted by atomic mass is 127. The van der Waals surface area contributed by atoms with E-state index in [0.29, 0.717) is 12.2 Å². The highest BCUT2D eigenvalue weighted by Crippen LogP contribution is 2.35. The van der Waals surface area contributed by atoms with Crippen molar-refractivity contribution in [2.24, 2.45) is 4.99 Å². The topological polar surface area (TPSA) is 73.8 Å². The standard InChI is InChI=1S/C18H34N4O2S.HI/c1-19-17(21-16-8-13-25(23,24)14-16)20-15-18(9-4-2-5-10-18)22-11-6-3-7-12-22;/h16H,2-15H2,1H3,(H2,19,20,21);1H. The largest absolute Gasteiger partial charge is 0.355 e. The van der Waals surface area contributed by atoms with Gasteiger partial charge in [-0.15, -0.1) is 24.0 Å². The Labute approximate surface area is 175 Å². The van der Waals surface area contributed by atoms with Gasteiger partial charge in [0, 0.05) is 25.2 Å². The minimum absolute atomic E-state index is 0. The van der Waals surface area contributed by atoms with Gasteiger partial charge in [0.25, 0.3) is 0 Å². The SMILES string of the molecule is CN=C(NCC1(N2CCCCC2)CCCCC1)NC1CCS(=O)(=O)C1.I. The second-order valence-electron chi connectivity index (χ2n) is 8.00. The Morgan fingerprint density at radius 3 is 2.35 bits per heavy atom. The van der Waals surface area contributed by atoms with Gasteiger partial charge in [0.15, 0.2) is 15.8 Å². The second-order valence-corrected chi connectivity index (χ2v) is 10.2. The third kappa shape index (κ3) is 5.70. The van der Waals surface area contributed by atoms with E-state index in [2.05, 4.69) is 20.5 Å². The van der Waals surface area contributed by atoms with Crippen molar-refractivity contribution in [2.75, 3.05) is 38.2 Å². The van der Waals surface area contributed by atoms with E-state index in [4.69, 9.17) is 0 Å². The Morgan fingerprint density at radius 1 is 1.12 bits per heavy atom. The van der Waals surface area contributed by atoms with Gasteiger partial charge >= 0.3 is 0 Å². The lowest BCUT2D eigenvalue weighted by Gasteiger charge is -2.48. The summed E-state index contributed by atoms with van der Waals surface area (Å²) in [6, 6.07) is -0.00603. The van der Waals surface area contributed by atoms with E-state index in [1.165, 1.54) is 64.5 Å². The lowest BCUT2D eigenvalue weighted by atomic mass is 9.79. The normalized spacial score (nSPS) is 29.0. The fourth-order valence-electron chi connectivity index (χ4n) is 4.73. The highest BCUT2D eigenvalue weighted by Gasteiger charge is 2.38. The molecular weight excluding hydrogens is 463 g/mol. The molecule has 152 valence electrons. The van der Waals surface area contributed by atoms with Crippen LogP contribution in [0.5, 0.6) is 0 Å². The van der Waals surface area contributed by atoms with Crippen molar-refractivity contribution >= 4 is 39.8 Å². The summed E-state index contributed by atoms with van der Waals surface area (Å²) in [5.74, 6) is 1.27. The van der Waals surface area contributed by atoms with Crippen molar-refractivity contribution in [3.63, 3.8) is 0 Å². The van der Waals surface area contributed by atoms with Crippen LogP contribution in [-0.4, -0.2) is 69.0 Å². The summed E-state index contributed by atoms with van der Waals surface area (Å²) in [5.41, 5.74) is 0.248. The molecule has 0 amide bonds. The maximum atomic E-state index is 11.7. The van der Waals surface area contributed by atoms with Crippen molar-refractivity contribution in [3.05, 3.63) is 0 Å². The average Bonchev–Trinajstić information content (AvgIpc) is 2.98. The number of rotatable bonds is 4. The van der Waals surface area contributed by atoms with Crippen molar-refractivity contribution in [1.29, 1.82) is 0 Å². The van der Waals surface area contributed by atoms with E-state index in [9.17, 15) is 8.42 Å². The third-order valence-corrected chi connectivity index (χ3v) is 7.96. The molecule has 8 heteroatoms. The van der Waals surface area contributed by atoms with Crippen LogP contribution in [0.1, 0.15) is 57.8 Å². The van der Waals surface area contributed by atoms with Gasteiger partial charge in [-0.2, -0.15) is 0 Å². The smallest absolute Gasteiger partial charge is 0.191 e. The highest BCUT2D eigenvalue weighted by molar-refractivity contribution is 14.0. The lowest BCUT2D eigenvalue weighted by Crippen LogP contribution is -2.59. The first-order valence-corrected chi connectivity index (χ1v) is 11.8. The van der Waals surface area contributed by atoms with Gasteiger partial charge in [0.2, 0.25) is 0 Å². The van der Waals surface area contributed by atoms with E-state index in [-0.39, 0.29) is 41.3 Å². The molecule has 26 heavy (non-hydrogen) atoms. The average molecular weight is 498 g/mol. The van der Waals surface area contributed by atoms with E-state index in [0.717, 1.165) is 12.5 Å². The molecule has 2 saturated heterocycles. The first kappa shape index (κ1) is 22.2. The first-order valence-electron chi connectivity index (χ1n) is 9.96. The van der Waals surface area contributed by atoms with E-state index >= 15 is 0 Å². The molecule has 3 fully saturated rings. The fraction of sp³-hybridized carbons (Fsp3) is 0.944. The van der Waals surface area contributed by atoms with Crippen molar-refractivity contribution < 1.29 is 8.42 Å². The monoisotopic (exact) mass is 498 g/mol. The van der Waals surface area contributed by atoms with Gasteiger partial charge in [0.05, 0.1) is 11.5 Å². The number of sulfone groups is 1. The molecule has 0 spiro atoms. The van der Waals surface area contributed by atoms with Crippen LogP contribution >= 0.6 is 24.0 Å². The van der Waals surface area contributed by atoms with Gasteiger partial charge in [-0.3, -0.25) is 9.89 Å². The summed E-state index contributed by atoms with van der Waals surface area (Å²) < 4.78 is 23.3. The summed E-state index contributed by atoms with van der Waals surface area (Å²) in [6.45, 7) is 3.34. The molecule has 0 radical (unpaired) electrons. The number of nitrogens with one attached hydrogen (secondary N) is 2. The minimum Gasteiger partial charge on any atom is -0.355 e. The Morgan fingerprint density at radius 2 is 1.77 bits per heavy atom. The molecule has 2 aliphatic heterocycles. The van der Waals surface area contributed by atoms with Crippen LogP contribution < -0.4 is 10.6 Å². The zero-order valence-electron chi connectivity index (χ0n) is 16.0. The van der Waals surface area contributed by atoms with Crippen LogP contribution in [0.2, 0.25) is 0 Å². The fourth-order valence-corrected chi connectivity index (χ4v) is 6.40. The summed E-state index contributed by atoms with van der Waals surface area (Å²) in [7, 11) is -1.10. The van der Waals surface area contributed by atoms with Crippen molar-refractivity contribution in [1.82, 2.24) is 15.5 Å². The molecule has 2 N–H and O–H groups in total. The van der Waals surface area contributed by atoms with E-state index < -0.39 is 9.84 Å². The quantitative estimate of drug-likeness (QED) is 0.353. The molecule has 1 atom stereocenters. The van der Waals surface area contributed by atoms with Gasteiger partial charge < -0.3 is 10.6 Å². The predicted molar refractivity (Wildman–Crippen MR) is 118 cm³/mol. The molecule has 0 aromatic rings. The molecule has 1 unspecified atom stereocenters. The number of nitrogens with zero attached hydrogens (tertiary/aromatic N) is 2. The Balaban J connectivity index is 0.00000243. The molecule has 6 nitrogen and oxygen atoms in total. The maximum absolute atomic E-state index is 11.7. The molecule has 1 aliphatic carbocycles. The van der Waals surface area contributed by atoms with E-state index in [1.54, 1.807) is 7.05 Å². The molecule has 1 saturated carbocycles. The number of hydrogen-bond acceptors (Lipinski definition) is 4. The molecule has 2 heterocycles. The van der Waals surface area contributed by atoms with Crippen LogP contribution in [0.25, 0.3) is 0 Å². The van der Waals surface area contributed by atoms with Gasteiger partial charge in [-0.25, -0.2) is 8.42 Å². The van der Waals surface area contributed by atoms with Gasteiger partial charge in [0.1, 0.15) is 0 Å². The first-order chi connectivity index (χ1) is 12.0. The molecule has 0 aromatic heterocycles. The molecular formula is C18H35IN4O2S. The summed E-state index contributed by atoms with van der Waals surface area (Å²) >= 11 is 0. The Bertz CT molecular complexity index is 570. The second kappa shape index (κ2) is 9.91. The number of halogens is 1. The molecule has 3 rings (SSSR count). The zero-order chi connectivity index (χ0) is 17.8. The van der Waals surface area contributed by atoms with Crippen LogP contribution in [-0.2, 0) is 9.84 Å². The number of guanidine groups is 1. The number of piperidine rings is 1. The van der Waals surface area contributed by atoms with E-state index in [1.807, 2.05) is 0 Å². The summed E-state index contributed by atoms with van der Waals surface area (Å²) in [6.07, 6.45) is 11.2. The number of hydrogen-bond donors (Lipinski definition) is 2. The predicted octanol–water partition coefficient (Wildman–Crippen LogP) is 2.15. The summed E-state index contributed by atoms with van der Waals surface area (Å²) in [4.78, 5) is 7.06. The third-order valence-electron chi connectivity index (χ3n) is 6.19. The summed E-state index contributed by atoms with van der Waals surface area (Å²) in [5, 5.41) is 6.86. The number of likely N-dealkylation sites (tertiary alicyclic amines) is 1. The molecule has 0 bridgehead atoms. The van der Waals surface area contributed by atoms with Crippen LogP contribution in [0.15, 0.2) is 4.99 Å². The maximum Gasteiger partial charge on any atom is 0.191 e. The Kier molecular flexibility index (Phi) is 8.46.